The number of thioether (sulfide) groups is 1. The number of nitrogens with one attached hydrogen (secondary N) is 1. The lowest BCUT2D eigenvalue weighted by molar-refractivity contribution is 0.487. The van der Waals surface area contributed by atoms with Gasteiger partial charge in [-0.3, -0.25) is 0 Å². The minimum Gasteiger partial charge on any atom is -0.313 e. The Bertz CT molecular complexity index is 339. The Morgan fingerprint density at radius 2 is 2.17 bits per heavy atom. The van der Waals surface area contributed by atoms with Gasteiger partial charge in [0, 0.05) is 22.7 Å². The molecule has 2 atom stereocenters. The van der Waals surface area contributed by atoms with E-state index in [9.17, 15) is 0 Å². The summed E-state index contributed by atoms with van der Waals surface area (Å²) in [6.45, 7) is 5.74. The van der Waals surface area contributed by atoms with Crippen molar-refractivity contribution in [3.05, 3.63) is 29.8 Å². The smallest absolute Gasteiger partial charge is 0.0260 e. The van der Waals surface area contributed by atoms with E-state index in [2.05, 4.69) is 43.4 Å². The van der Waals surface area contributed by atoms with Gasteiger partial charge in [-0.2, -0.15) is 0 Å². The van der Waals surface area contributed by atoms with E-state index < -0.39 is 0 Å². The topological polar surface area (TPSA) is 12.0 Å². The Morgan fingerprint density at radius 3 is 2.94 bits per heavy atom. The van der Waals surface area contributed by atoms with Crippen LogP contribution in [0.5, 0.6) is 0 Å². The van der Waals surface area contributed by atoms with Gasteiger partial charge in [0.2, 0.25) is 0 Å². The molecule has 0 bridgehead atoms. The quantitative estimate of drug-likeness (QED) is 0.738. The SMILES string of the molecule is CCCCCC(C)NCC1Cc2ccccc2S1. The van der Waals surface area contributed by atoms with E-state index in [-0.39, 0.29) is 0 Å². The fraction of sp³-hybridized carbons (Fsp3) is 0.625. The molecule has 0 aliphatic carbocycles. The van der Waals surface area contributed by atoms with Crippen molar-refractivity contribution >= 4 is 11.8 Å². The largest absolute Gasteiger partial charge is 0.313 e. The van der Waals surface area contributed by atoms with Gasteiger partial charge in [0.25, 0.3) is 0 Å². The second-order valence-corrected chi connectivity index (χ2v) is 6.70. The average molecular weight is 263 g/mol. The summed E-state index contributed by atoms with van der Waals surface area (Å²) in [6.07, 6.45) is 6.60. The summed E-state index contributed by atoms with van der Waals surface area (Å²) in [5.41, 5.74) is 1.54. The summed E-state index contributed by atoms with van der Waals surface area (Å²) in [7, 11) is 0. The summed E-state index contributed by atoms with van der Waals surface area (Å²) in [4.78, 5) is 1.49. The summed E-state index contributed by atoms with van der Waals surface area (Å²) in [6, 6.07) is 9.50. The van der Waals surface area contributed by atoms with Gasteiger partial charge in [0.05, 0.1) is 0 Å². The van der Waals surface area contributed by atoms with Crippen LogP contribution in [0.15, 0.2) is 29.2 Å². The van der Waals surface area contributed by atoms with Gasteiger partial charge < -0.3 is 5.32 Å². The van der Waals surface area contributed by atoms with E-state index in [1.807, 2.05) is 11.8 Å². The summed E-state index contributed by atoms with van der Waals surface area (Å²) >= 11 is 2.04. The highest BCUT2D eigenvalue weighted by molar-refractivity contribution is 8.00. The molecule has 0 saturated heterocycles. The number of rotatable bonds is 7. The van der Waals surface area contributed by atoms with E-state index in [0.29, 0.717) is 6.04 Å². The molecule has 2 unspecified atom stereocenters. The third-order valence-corrected chi connectivity index (χ3v) is 4.97. The zero-order valence-electron chi connectivity index (χ0n) is 11.6. The van der Waals surface area contributed by atoms with Gasteiger partial charge in [-0.1, -0.05) is 44.4 Å². The fourth-order valence-corrected chi connectivity index (χ4v) is 3.76. The summed E-state index contributed by atoms with van der Waals surface area (Å²) in [5, 5.41) is 4.43. The molecule has 0 saturated carbocycles. The number of hydrogen-bond donors (Lipinski definition) is 1. The maximum atomic E-state index is 3.70. The Hall–Kier alpha value is -0.470. The third kappa shape index (κ3) is 4.03. The molecule has 2 heteroatoms. The van der Waals surface area contributed by atoms with Crippen LogP contribution in [-0.2, 0) is 6.42 Å². The molecule has 0 radical (unpaired) electrons. The minimum atomic E-state index is 0.667. The molecule has 0 fully saturated rings. The van der Waals surface area contributed by atoms with E-state index >= 15 is 0 Å². The molecule has 1 aromatic carbocycles. The molecule has 1 heterocycles. The molecule has 1 aliphatic rings. The molecular formula is C16H25NS. The van der Waals surface area contributed by atoms with Gasteiger partial charge in [-0.05, 0) is 31.4 Å². The van der Waals surface area contributed by atoms with Crippen molar-refractivity contribution in [3.8, 4) is 0 Å². The van der Waals surface area contributed by atoms with Crippen molar-refractivity contribution in [2.75, 3.05) is 6.54 Å². The van der Waals surface area contributed by atoms with Crippen LogP contribution in [0.1, 0.15) is 45.1 Å². The molecule has 1 aliphatic heterocycles. The van der Waals surface area contributed by atoms with Crippen LogP contribution >= 0.6 is 11.8 Å². The highest BCUT2D eigenvalue weighted by Gasteiger charge is 2.21. The minimum absolute atomic E-state index is 0.667. The van der Waals surface area contributed by atoms with E-state index in [1.54, 1.807) is 0 Å². The molecule has 0 spiro atoms. The van der Waals surface area contributed by atoms with Crippen LogP contribution < -0.4 is 5.32 Å². The van der Waals surface area contributed by atoms with Crippen molar-refractivity contribution in [1.29, 1.82) is 0 Å². The van der Waals surface area contributed by atoms with Gasteiger partial charge in [-0.15, -0.1) is 11.8 Å². The number of unbranched alkanes of at least 4 members (excludes halogenated alkanes) is 2. The molecule has 0 amide bonds. The lowest BCUT2D eigenvalue weighted by Crippen LogP contribution is -2.32. The van der Waals surface area contributed by atoms with Crippen molar-refractivity contribution in [2.45, 2.75) is 62.1 Å². The number of benzene rings is 1. The predicted octanol–water partition coefficient (Wildman–Crippen LogP) is 4.26. The van der Waals surface area contributed by atoms with Gasteiger partial charge in [0.15, 0.2) is 0 Å². The van der Waals surface area contributed by atoms with Gasteiger partial charge in [-0.25, -0.2) is 0 Å². The standard InChI is InChI=1S/C16H25NS/c1-3-4-5-8-13(2)17-12-15-11-14-9-6-7-10-16(14)18-15/h6-7,9-10,13,15,17H,3-5,8,11-12H2,1-2H3. The third-order valence-electron chi connectivity index (χ3n) is 3.65. The van der Waals surface area contributed by atoms with Crippen molar-refractivity contribution < 1.29 is 0 Å². The first-order valence-electron chi connectivity index (χ1n) is 7.27. The molecule has 18 heavy (non-hydrogen) atoms. The van der Waals surface area contributed by atoms with Crippen LogP contribution in [0.4, 0.5) is 0 Å². The Labute approximate surface area is 116 Å². The monoisotopic (exact) mass is 263 g/mol. The van der Waals surface area contributed by atoms with E-state index in [0.717, 1.165) is 11.8 Å². The highest BCUT2D eigenvalue weighted by Crippen LogP contribution is 2.36. The average Bonchev–Trinajstić information content (AvgIpc) is 2.79. The van der Waals surface area contributed by atoms with Crippen LogP contribution in [0.2, 0.25) is 0 Å². The van der Waals surface area contributed by atoms with Crippen molar-refractivity contribution in [3.63, 3.8) is 0 Å². The van der Waals surface area contributed by atoms with Gasteiger partial charge in [0.1, 0.15) is 0 Å². The second-order valence-electron chi connectivity index (χ2n) is 5.36. The zero-order valence-corrected chi connectivity index (χ0v) is 12.4. The molecule has 0 aromatic heterocycles. The molecular weight excluding hydrogens is 238 g/mol. The van der Waals surface area contributed by atoms with E-state index in [1.165, 1.54) is 42.6 Å². The fourth-order valence-electron chi connectivity index (χ4n) is 2.50. The lowest BCUT2D eigenvalue weighted by Gasteiger charge is -2.16. The van der Waals surface area contributed by atoms with Crippen molar-refractivity contribution in [1.82, 2.24) is 5.32 Å². The van der Waals surface area contributed by atoms with Crippen LogP contribution in [0.3, 0.4) is 0 Å². The predicted molar refractivity (Wildman–Crippen MR) is 81.4 cm³/mol. The van der Waals surface area contributed by atoms with E-state index in [4.69, 9.17) is 0 Å². The zero-order chi connectivity index (χ0) is 12.8. The molecule has 100 valence electrons. The second kappa shape index (κ2) is 7.20. The highest BCUT2D eigenvalue weighted by atomic mass is 32.2. The molecule has 1 aromatic rings. The number of hydrogen-bond acceptors (Lipinski definition) is 2. The first-order valence-corrected chi connectivity index (χ1v) is 8.15. The Kier molecular flexibility index (Phi) is 5.58. The Balaban J connectivity index is 1.67. The maximum Gasteiger partial charge on any atom is 0.0260 e. The molecule has 1 nitrogen and oxygen atoms in total. The van der Waals surface area contributed by atoms with Crippen LogP contribution in [0.25, 0.3) is 0 Å². The summed E-state index contributed by atoms with van der Waals surface area (Å²) in [5.74, 6) is 0. The lowest BCUT2D eigenvalue weighted by atomic mass is 10.1. The molecule has 2 rings (SSSR count). The maximum absolute atomic E-state index is 3.70. The first-order chi connectivity index (χ1) is 8.79. The Morgan fingerprint density at radius 1 is 1.33 bits per heavy atom. The van der Waals surface area contributed by atoms with Crippen LogP contribution in [-0.4, -0.2) is 17.8 Å². The summed E-state index contributed by atoms with van der Waals surface area (Å²) < 4.78 is 0. The van der Waals surface area contributed by atoms with Gasteiger partial charge >= 0.3 is 0 Å². The van der Waals surface area contributed by atoms with Crippen molar-refractivity contribution in [2.24, 2.45) is 0 Å². The first kappa shape index (κ1) is 14.0. The van der Waals surface area contributed by atoms with Crippen LogP contribution in [0, 0.1) is 0 Å². The molecule has 1 N–H and O–H groups in total. The normalized spacial score (nSPS) is 19.8. The number of fused-ring (bicyclic) bond motifs is 1.